The number of thioether (sulfide) groups is 1. The molecule has 0 aliphatic rings. The zero-order valence-electron chi connectivity index (χ0n) is 11.0. The molecule has 0 radical (unpaired) electrons. The molecule has 0 bridgehead atoms. The van der Waals surface area contributed by atoms with Crippen LogP contribution in [0.3, 0.4) is 0 Å². The number of nitriles is 1. The summed E-state index contributed by atoms with van der Waals surface area (Å²) >= 11 is 1.98. The van der Waals surface area contributed by atoms with Crippen molar-refractivity contribution in [1.29, 1.82) is 5.26 Å². The van der Waals surface area contributed by atoms with E-state index in [0.717, 1.165) is 25.1 Å². The molecule has 1 N–H and O–H groups in total. The van der Waals surface area contributed by atoms with Gasteiger partial charge >= 0.3 is 0 Å². The minimum Gasteiger partial charge on any atom is -0.300 e. The maximum absolute atomic E-state index is 9.13. The standard InChI is InChI=1S/C13H26N2S/c1-4-6-7-10-16-11-8-13(3,12-14)15-9-5-2/h15H,4-11H2,1-3H3. The number of unbranched alkanes of at least 4 members (excludes halogenated alkanes) is 2. The van der Waals surface area contributed by atoms with Crippen molar-refractivity contribution in [1.82, 2.24) is 5.32 Å². The molecular formula is C13H26N2S. The van der Waals surface area contributed by atoms with Gasteiger partial charge in [0.1, 0.15) is 5.54 Å². The van der Waals surface area contributed by atoms with Gasteiger partial charge in [0, 0.05) is 0 Å². The lowest BCUT2D eigenvalue weighted by molar-refractivity contribution is 0.437. The smallest absolute Gasteiger partial charge is 0.104 e. The van der Waals surface area contributed by atoms with Crippen LogP contribution < -0.4 is 5.32 Å². The van der Waals surface area contributed by atoms with E-state index < -0.39 is 0 Å². The highest BCUT2D eigenvalue weighted by atomic mass is 32.2. The third kappa shape index (κ3) is 8.01. The van der Waals surface area contributed by atoms with Gasteiger partial charge in [-0.25, -0.2) is 0 Å². The van der Waals surface area contributed by atoms with Crippen LogP contribution in [-0.4, -0.2) is 23.6 Å². The first-order valence-corrected chi connectivity index (χ1v) is 7.58. The summed E-state index contributed by atoms with van der Waals surface area (Å²) in [5.74, 6) is 2.33. The van der Waals surface area contributed by atoms with Gasteiger partial charge < -0.3 is 0 Å². The van der Waals surface area contributed by atoms with Crippen molar-refractivity contribution in [2.24, 2.45) is 0 Å². The van der Waals surface area contributed by atoms with Gasteiger partial charge in [0.25, 0.3) is 0 Å². The highest BCUT2D eigenvalue weighted by Gasteiger charge is 2.21. The molecule has 16 heavy (non-hydrogen) atoms. The predicted octanol–water partition coefficient (Wildman–Crippen LogP) is 3.58. The van der Waals surface area contributed by atoms with Crippen molar-refractivity contribution >= 4 is 11.8 Å². The summed E-state index contributed by atoms with van der Waals surface area (Å²) < 4.78 is 0. The summed E-state index contributed by atoms with van der Waals surface area (Å²) in [6.45, 7) is 7.30. The molecule has 0 saturated carbocycles. The number of hydrogen-bond acceptors (Lipinski definition) is 3. The van der Waals surface area contributed by atoms with Crippen LogP contribution in [0.5, 0.6) is 0 Å². The van der Waals surface area contributed by atoms with Gasteiger partial charge in [-0.05, 0) is 44.2 Å². The molecule has 0 aliphatic carbocycles. The normalized spacial score (nSPS) is 14.4. The van der Waals surface area contributed by atoms with Crippen LogP contribution in [0.25, 0.3) is 0 Å². The fourth-order valence-electron chi connectivity index (χ4n) is 1.42. The summed E-state index contributed by atoms with van der Waals surface area (Å²) in [4.78, 5) is 0. The molecular weight excluding hydrogens is 216 g/mol. The van der Waals surface area contributed by atoms with E-state index in [2.05, 4.69) is 25.2 Å². The molecule has 3 heteroatoms. The van der Waals surface area contributed by atoms with Gasteiger partial charge in [-0.3, -0.25) is 5.32 Å². The molecule has 0 saturated heterocycles. The van der Waals surface area contributed by atoms with Crippen LogP contribution in [-0.2, 0) is 0 Å². The minimum absolute atomic E-state index is 0.326. The van der Waals surface area contributed by atoms with E-state index in [-0.39, 0.29) is 5.54 Å². The predicted molar refractivity (Wildman–Crippen MR) is 73.8 cm³/mol. The van der Waals surface area contributed by atoms with Crippen LogP contribution >= 0.6 is 11.8 Å². The first-order chi connectivity index (χ1) is 7.68. The van der Waals surface area contributed by atoms with Crippen LogP contribution in [0.15, 0.2) is 0 Å². The van der Waals surface area contributed by atoms with Gasteiger partial charge in [0.15, 0.2) is 0 Å². The largest absolute Gasteiger partial charge is 0.300 e. The molecule has 0 aliphatic heterocycles. The van der Waals surface area contributed by atoms with Crippen LogP contribution in [0.1, 0.15) is 52.9 Å². The van der Waals surface area contributed by atoms with Crippen LogP contribution in [0.2, 0.25) is 0 Å². The molecule has 0 heterocycles. The molecule has 0 aromatic carbocycles. The summed E-state index contributed by atoms with van der Waals surface area (Å²) in [5.41, 5.74) is -0.326. The highest BCUT2D eigenvalue weighted by molar-refractivity contribution is 7.99. The number of nitrogens with one attached hydrogen (secondary N) is 1. The summed E-state index contributed by atoms with van der Waals surface area (Å²) in [5, 5.41) is 12.5. The van der Waals surface area contributed by atoms with Crippen molar-refractivity contribution in [3.05, 3.63) is 0 Å². The molecule has 0 fully saturated rings. The second kappa shape index (κ2) is 9.99. The van der Waals surface area contributed by atoms with E-state index in [1.165, 1.54) is 25.0 Å². The number of hydrogen-bond donors (Lipinski definition) is 1. The molecule has 1 atom stereocenters. The Bertz CT molecular complexity index is 201. The maximum Gasteiger partial charge on any atom is 0.104 e. The highest BCUT2D eigenvalue weighted by Crippen LogP contribution is 2.15. The third-order valence-electron chi connectivity index (χ3n) is 2.65. The van der Waals surface area contributed by atoms with E-state index in [4.69, 9.17) is 5.26 Å². The molecule has 0 amide bonds. The Morgan fingerprint density at radius 3 is 2.50 bits per heavy atom. The molecule has 0 aromatic heterocycles. The maximum atomic E-state index is 9.13. The fourth-order valence-corrected chi connectivity index (χ4v) is 2.58. The first-order valence-electron chi connectivity index (χ1n) is 6.42. The van der Waals surface area contributed by atoms with E-state index in [1.807, 2.05) is 18.7 Å². The zero-order valence-corrected chi connectivity index (χ0v) is 11.8. The van der Waals surface area contributed by atoms with Gasteiger partial charge in [-0.1, -0.05) is 26.7 Å². The van der Waals surface area contributed by atoms with Crippen molar-refractivity contribution in [3.8, 4) is 6.07 Å². The van der Waals surface area contributed by atoms with Crippen LogP contribution in [0, 0.1) is 11.3 Å². The fraction of sp³-hybridized carbons (Fsp3) is 0.923. The minimum atomic E-state index is -0.326. The monoisotopic (exact) mass is 242 g/mol. The summed E-state index contributed by atoms with van der Waals surface area (Å²) in [6, 6.07) is 2.39. The average molecular weight is 242 g/mol. The van der Waals surface area contributed by atoms with E-state index in [1.54, 1.807) is 0 Å². The third-order valence-corrected chi connectivity index (χ3v) is 3.72. The van der Waals surface area contributed by atoms with E-state index in [9.17, 15) is 0 Å². The Balaban J connectivity index is 3.58. The van der Waals surface area contributed by atoms with E-state index in [0.29, 0.717) is 0 Å². The second-order valence-corrected chi connectivity index (χ2v) is 5.66. The van der Waals surface area contributed by atoms with Crippen molar-refractivity contribution in [2.75, 3.05) is 18.1 Å². The Morgan fingerprint density at radius 1 is 1.19 bits per heavy atom. The number of rotatable bonds is 10. The van der Waals surface area contributed by atoms with Crippen molar-refractivity contribution in [2.45, 2.75) is 58.4 Å². The first kappa shape index (κ1) is 15.8. The Morgan fingerprint density at radius 2 is 1.94 bits per heavy atom. The Hall–Kier alpha value is -0.200. The topological polar surface area (TPSA) is 35.8 Å². The Labute approximate surface area is 105 Å². The lowest BCUT2D eigenvalue weighted by atomic mass is 10.0. The van der Waals surface area contributed by atoms with Gasteiger partial charge in [-0.2, -0.15) is 17.0 Å². The van der Waals surface area contributed by atoms with Crippen molar-refractivity contribution in [3.63, 3.8) is 0 Å². The molecule has 0 aromatic rings. The molecule has 1 unspecified atom stereocenters. The molecule has 2 nitrogen and oxygen atoms in total. The average Bonchev–Trinajstić information content (AvgIpc) is 2.31. The molecule has 0 spiro atoms. The second-order valence-electron chi connectivity index (χ2n) is 4.44. The van der Waals surface area contributed by atoms with Gasteiger partial charge in [-0.15, -0.1) is 0 Å². The van der Waals surface area contributed by atoms with Gasteiger partial charge in [0.05, 0.1) is 6.07 Å². The lowest BCUT2D eigenvalue weighted by Crippen LogP contribution is -2.41. The van der Waals surface area contributed by atoms with Crippen molar-refractivity contribution < 1.29 is 0 Å². The quantitative estimate of drug-likeness (QED) is 0.595. The molecule has 94 valence electrons. The SMILES string of the molecule is CCCCCSCCC(C)(C#N)NCCC. The molecule has 0 rings (SSSR count). The Kier molecular flexibility index (Phi) is 9.86. The lowest BCUT2D eigenvalue weighted by Gasteiger charge is -2.22. The summed E-state index contributed by atoms with van der Waals surface area (Å²) in [7, 11) is 0. The number of nitrogens with zero attached hydrogens (tertiary/aromatic N) is 1. The summed E-state index contributed by atoms with van der Waals surface area (Å²) in [6.07, 6.45) is 5.96. The van der Waals surface area contributed by atoms with Gasteiger partial charge in [0.2, 0.25) is 0 Å². The van der Waals surface area contributed by atoms with E-state index >= 15 is 0 Å². The van der Waals surface area contributed by atoms with Crippen LogP contribution in [0.4, 0.5) is 0 Å². The zero-order chi connectivity index (χ0) is 12.3.